The van der Waals surface area contributed by atoms with E-state index in [-0.39, 0.29) is 28.3 Å². The molecule has 3 aromatic rings. The van der Waals surface area contributed by atoms with Crippen LogP contribution in [0.5, 0.6) is 0 Å². The number of nitriles is 1. The number of nitrogens with two attached hydrogens (primary N) is 1. The van der Waals surface area contributed by atoms with Crippen LogP contribution in [0.4, 0.5) is 24.7 Å². The zero-order valence-corrected chi connectivity index (χ0v) is 14.1. The van der Waals surface area contributed by atoms with Crippen LogP contribution in [0.25, 0.3) is 22.4 Å². The number of rotatable bonds is 3. The van der Waals surface area contributed by atoms with Gasteiger partial charge in [0, 0.05) is 23.3 Å². The van der Waals surface area contributed by atoms with Gasteiger partial charge < -0.3 is 5.73 Å². The van der Waals surface area contributed by atoms with Crippen molar-refractivity contribution in [2.75, 3.05) is 5.73 Å². The fraction of sp³-hybridized carbons (Fsp3) is 0.0526. The molecule has 6 nitrogen and oxygen atoms in total. The Morgan fingerprint density at radius 3 is 2.32 bits per heavy atom. The molecular weight excluding hydrogens is 373 g/mol. The van der Waals surface area contributed by atoms with Gasteiger partial charge in [-0.15, -0.1) is 0 Å². The Balaban J connectivity index is 2.15. The summed E-state index contributed by atoms with van der Waals surface area (Å²) in [5.41, 5.74) is 6.16. The number of pyridine rings is 1. The van der Waals surface area contributed by atoms with Gasteiger partial charge in [0.15, 0.2) is 0 Å². The number of nitrogens with zero attached hydrogens (tertiary/aromatic N) is 3. The molecule has 3 rings (SSSR count). The average molecular weight is 384 g/mol. The van der Waals surface area contributed by atoms with Gasteiger partial charge in [-0.1, -0.05) is 24.3 Å². The van der Waals surface area contributed by atoms with Gasteiger partial charge >= 0.3 is 6.18 Å². The monoisotopic (exact) mass is 384 g/mol. The van der Waals surface area contributed by atoms with Crippen LogP contribution < -0.4 is 5.73 Å². The molecule has 28 heavy (non-hydrogen) atoms. The number of nitro benzene ring substituents is 1. The molecule has 1 heterocycles. The van der Waals surface area contributed by atoms with Gasteiger partial charge in [-0.05, 0) is 23.8 Å². The molecule has 2 N–H and O–H groups in total. The SMILES string of the molecule is N#Cc1c(-c2ccc(C(F)(F)F)cc2)cc(-c2cccc([N+](=O)[O-])c2)nc1N. The second-order valence-electron chi connectivity index (χ2n) is 5.81. The van der Waals surface area contributed by atoms with Gasteiger partial charge in [0.25, 0.3) is 5.69 Å². The minimum Gasteiger partial charge on any atom is -0.383 e. The lowest BCUT2D eigenvalue weighted by Gasteiger charge is -2.12. The molecule has 0 spiro atoms. The third kappa shape index (κ3) is 3.61. The van der Waals surface area contributed by atoms with Crippen molar-refractivity contribution in [3.05, 3.63) is 75.8 Å². The lowest BCUT2D eigenvalue weighted by atomic mass is 9.97. The van der Waals surface area contributed by atoms with Crippen LogP contribution in [-0.4, -0.2) is 9.91 Å². The lowest BCUT2D eigenvalue weighted by molar-refractivity contribution is -0.384. The zero-order chi connectivity index (χ0) is 20.5. The van der Waals surface area contributed by atoms with E-state index in [0.717, 1.165) is 12.1 Å². The third-order valence-electron chi connectivity index (χ3n) is 4.04. The number of alkyl halides is 3. The Hall–Kier alpha value is -3.93. The van der Waals surface area contributed by atoms with E-state index in [2.05, 4.69) is 4.98 Å². The number of nitrogen functional groups attached to an aromatic ring is 1. The Bertz CT molecular complexity index is 1100. The highest BCUT2D eigenvalue weighted by molar-refractivity contribution is 5.80. The molecule has 140 valence electrons. The topological polar surface area (TPSA) is 106 Å². The van der Waals surface area contributed by atoms with E-state index in [4.69, 9.17) is 5.73 Å². The fourth-order valence-corrected chi connectivity index (χ4v) is 2.68. The number of halogens is 3. The maximum atomic E-state index is 12.8. The van der Waals surface area contributed by atoms with Crippen LogP contribution in [0.15, 0.2) is 54.6 Å². The van der Waals surface area contributed by atoms with E-state index in [0.29, 0.717) is 11.1 Å². The molecule has 0 amide bonds. The molecule has 0 fully saturated rings. The second kappa shape index (κ2) is 7.00. The van der Waals surface area contributed by atoms with Crippen LogP contribution in [0.3, 0.4) is 0 Å². The largest absolute Gasteiger partial charge is 0.416 e. The van der Waals surface area contributed by atoms with E-state index in [1.165, 1.54) is 36.4 Å². The predicted octanol–water partition coefficient (Wildman–Crippen LogP) is 4.80. The van der Waals surface area contributed by atoms with Crippen LogP contribution in [0.2, 0.25) is 0 Å². The van der Waals surface area contributed by atoms with Gasteiger partial charge in [0.2, 0.25) is 0 Å². The number of non-ortho nitro benzene ring substituents is 1. The van der Waals surface area contributed by atoms with Gasteiger partial charge in [-0.2, -0.15) is 18.4 Å². The lowest BCUT2D eigenvalue weighted by Crippen LogP contribution is -2.04. The Morgan fingerprint density at radius 1 is 1.07 bits per heavy atom. The maximum Gasteiger partial charge on any atom is 0.416 e. The van der Waals surface area contributed by atoms with Crippen LogP contribution in [0.1, 0.15) is 11.1 Å². The van der Waals surface area contributed by atoms with Gasteiger partial charge in [-0.3, -0.25) is 10.1 Å². The van der Waals surface area contributed by atoms with Gasteiger partial charge in [-0.25, -0.2) is 4.98 Å². The van der Waals surface area contributed by atoms with Crippen molar-refractivity contribution in [2.45, 2.75) is 6.18 Å². The summed E-state index contributed by atoms with van der Waals surface area (Å²) >= 11 is 0. The fourth-order valence-electron chi connectivity index (χ4n) is 2.68. The van der Waals surface area contributed by atoms with E-state index in [9.17, 15) is 28.5 Å². The number of hydrogen-bond donors (Lipinski definition) is 1. The summed E-state index contributed by atoms with van der Waals surface area (Å²) < 4.78 is 38.3. The quantitative estimate of drug-likeness (QED) is 0.516. The first kappa shape index (κ1) is 18.8. The Labute approximate surface area is 156 Å². The van der Waals surface area contributed by atoms with Crippen molar-refractivity contribution in [2.24, 2.45) is 0 Å². The van der Waals surface area contributed by atoms with Crippen molar-refractivity contribution in [3.63, 3.8) is 0 Å². The molecule has 0 aliphatic carbocycles. The molecule has 0 saturated carbocycles. The van der Waals surface area contributed by atoms with Crippen molar-refractivity contribution in [1.29, 1.82) is 5.26 Å². The number of aromatic nitrogens is 1. The van der Waals surface area contributed by atoms with Crippen molar-refractivity contribution in [1.82, 2.24) is 4.98 Å². The van der Waals surface area contributed by atoms with E-state index in [1.54, 1.807) is 6.07 Å². The van der Waals surface area contributed by atoms with Crippen molar-refractivity contribution in [3.8, 4) is 28.5 Å². The standard InChI is InChI=1S/C19H11F3N4O2/c20-19(21,22)13-6-4-11(5-7-13)15-9-17(25-18(24)16(15)10-23)12-2-1-3-14(8-12)26(27)28/h1-9H,(H2,24,25). The molecular formula is C19H11F3N4O2. The number of nitro groups is 1. The summed E-state index contributed by atoms with van der Waals surface area (Å²) in [5.74, 6) is -0.124. The van der Waals surface area contributed by atoms with Crippen molar-refractivity contribution < 1.29 is 18.1 Å². The highest BCUT2D eigenvalue weighted by Gasteiger charge is 2.30. The highest BCUT2D eigenvalue weighted by atomic mass is 19.4. The van der Waals surface area contributed by atoms with Gasteiger partial charge in [0.1, 0.15) is 17.5 Å². The Morgan fingerprint density at radius 2 is 1.75 bits per heavy atom. The first-order valence-electron chi connectivity index (χ1n) is 7.84. The second-order valence-corrected chi connectivity index (χ2v) is 5.81. The smallest absolute Gasteiger partial charge is 0.383 e. The van der Waals surface area contributed by atoms with E-state index >= 15 is 0 Å². The molecule has 1 aromatic heterocycles. The highest BCUT2D eigenvalue weighted by Crippen LogP contribution is 2.34. The number of hydrogen-bond acceptors (Lipinski definition) is 5. The minimum atomic E-state index is -4.48. The molecule has 2 aromatic carbocycles. The molecule has 0 unspecified atom stereocenters. The summed E-state index contributed by atoms with van der Waals surface area (Å²) in [4.78, 5) is 14.5. The summed E-state index contributed by atoms with van der Waals surface area (Å²) in [7, 11) is 0. The van der Waals surface area contributed by atoms with Gasteiger partial charge in [0.05, 0.1) is 16.2 Å². The molecule has 0 aliphatic heterocycles. The molecule has 0 bridgehead atoms. The maximum absolute atomic E-state index is 12.8. The van der Waals surface area contributed by atoms with Crippen LogP contribution >= 0.6 is 0 Å². The van der Waals surface area contributed by atoms with E-state index < -0.39 is 16.7 Å². The summed E-state index contributed by atoms with van der Waals surface area (Å²) in [6, 6.07) is 13.3. The number of anilines is 1. The third-order valence-corrected chi connectivity index (χ3v) is 4.04. The number of benzene rings is 2. The van der Waals surface area contributed by atoms with Crippen LogP contribution in [0, 0.1) is 21.4 Å². The normalized spacial score (nSPS) is 11.1. The van der Waals surface area contributed by atoms with E-state index in [1.807, 2.05) is 6.07 Å². The molecule has 0 saturated heterocycles. The average Bonchev–Trinajstić information content (AvgIpc) is 2.67. The van der Waals surface area contributed by atoms with Crippen LogP contribution in [-0.2, 0) is 6.18 Å². The predicted molar refractivity (Wildman–Crippen MR) is 95.9 cm³/mol. The molecule has 0 atom stereocenters. The Kier molecular flexibility index (Phi) is 4.71. The summed E-state index contributed by atoms with van der Waals surface area (Å²) in [6.45, 7) is 0. The van der Waals surface area contributed by atoms with Crippen molar-refractivity contribution >= 4 is 11.5 Å². The summed E-state index contributed by atoms with van der Waals surface area (Å²) in [5, 5.41) is 20.4. The first-order valence-corrected chi connectivity index (χ1v) is 7.84. The molecule has 0 radical (unpaired) electrons. The first-order chi connectivity index (χ1) is 13.2. The summed E-state index contributed by atoms with van der Waals surface area (Å²) in [6.07, 6.45) is -4.48. The molecule has 9 heteroatoms. The molecule has 0 aliphatic rings. The zero-order valence-electron chi connectivity index (χ0n) is 14.1. The minimum absolute atomic E-state index is 0.00828.